The molecule has 0 aromatic heterocycles. The van der Waals surface area contributed by atoms with Crippen LogP contribution in [0.15, 0.2) is 24.3 Å². The van der Waals surface area contributed by atoms with Crippen LogP contribution < -0.4 is 5.73 Å². The van der Waals surface area contributed by atoms with Crippen LogP contribution >= 0.6 is 11.6 Å². The Balaban J connectivity index is 2.29. The minimum absolute atomic E-state index is 0.156. The number of hydrogen-bond donors (Lipinski definition) is 1. The van der Waals surface area contributed by atoms with Gasteiger partial charge in [0.15, 0.2) is 0 Å². The number of halogens is 1. The molecule has 0 radical (unpaired) electrons. The van der Waals surface area contributed by atoms with Crippen LogP contribution in [0.4, 0.5) is 0 Å². The van der Waals surface area contributed by atoms with Crippen LogP contribution in [0, 0.1) is 0 Å². The highest BCUT2D eigenvalue weighted by atomic mass is 35.5. The van der Waals surface area contributed by atoms with E-state index in [-0.39, 0.29) is 5.91 Å². The number of carbonyl (C=O) groups is 1. The highest BCUT2D eigenvalue weighted by Gasteiger charge is 2.35. The summed E-state index contributed by atoms with van der Waals surface area (Å²) in [5.74, 6) is 0.156. The van der Waals surface area contributed by atoms with Gasteiger partial charge in [-0.15, -0.1) is 0 Å². The molecular weight excluding hydrogens is 224 g/mol. The predicted octanol–water partition coefficient (Wildman–Crippen LogP) is 1.75. The van der Waals surface area contributed by atoms with Crippen LogP contribution in [0.1, 0.15) is 18.4 Å². The summed E-state index contributed by atoms with van der Waals surface area (Å²) in [6.45, 7) is 0.548. The van der Waals surface area contributed by atoms with Crippen molar-refractivity contribution in [1.82, 2.24) is 4.90 Å². The molecule has 4 heteroatoms. The Morgan fingerprint density at radius 3 is 2.88 bits per heavy atom. The van der Waals surface area contributed by atoms with E-state index in [1.165, 1.54) is 0 Å². The first-order valence-electron chi connectivity index (χ1n) is 5.30. The van der Waals surface area contributed by atoms with Crippen molar-refractivity contribution in [3.05, 3.63) is 34.9 Å². The lowest BCUT2D eigenvalue weighted by Gasteiger charge is -2.38. The fourth-order valence-electron chi connectivity index (χ4n) is 2.15. The number of likely N-dealkylation sites (tertiary alicyclic amines) is 1. The maximum Gasteiger partial charge on any atom is 0.222 e. The van der Waals surface area contributed by atoms with Crippen molar-refractivity contribution < 1.29 is 4.79 Å². The van der Waals surface area contributed by atoms with E-state index >= 15 is 0 Å². The summed E-state index contributed by atoms with van der Waals surface area (Å²) >= 11 is 5.96. The molecule has 1 aliphatic rings. The summed E-state index contributed by atoms with van der Waals surface area (Å²) in [4.78, 5) is 13.1. The van der Waals surface area contributed by atoms with E-state index in [0.717, 1.165) is 5.56 Å². The first-order valence-corrected chi connectivity index (χ1v) is 5.68. The third-order valence-corrected chi connectivity index (χ3v) is 3.36. The van der Waals surface area contributed by atoms with Gasteiger partial charge in [0, 0.05) is 25.0 Å². The third-order valence-electron chi connectivity index (χ3n) is 3.13. The summed E-state index contributed by atoms with van der Waals surface area (Å²) < 4.78 is 0. The second-order valence-corrected chi connectivity index (χ2v) is 4.85. The molecule has 16 heavy (non-hydrogen) atoms. The highest BCUT2D eigenvalue weighted by molar-refractivity contribution is 6.30. The number of piperidine rings is 1. The Labute approximate surface area is 100 Å². The van der Waals surface area contributed by atoms with E-state index in [1.54, 1.807) is 11.9 Å². The molecular formula is C12H15ClN2O. The molecule has 0 spiro atoms. The maximum absolute atomic E-state index is 11.4. The molecule has 1 amide bonds. The minimum Gasteiger partial charge on any atom is -0.344 e. The molecule has 86 valence electrons. The lowest BCUT2D eigenvalue weighted by atomic mass is 9.83. The van der Waals surface area contributed by atoms with Crippen molar-refractivity contribution in [1.29, 1.82) is 0 Å². The van der Waals surface area contributed by atoms with Crippen LogP contribution in [0.25, 0.3) is 0 Å². The predicted molar refractivity (Wildman–Crippen MR) is 64.2 cm³/mol. The van der Waals surface area contributed by atoms with Crippen molar-refractivity contribution in [2.45, 2.75) is 18.4 Å². The number of nitrogens with two attached hydrogens (primary N) is 1. The molecule has 1 unspecified atom stereocenters. The second kappa shape index (κ2) is 4.07. The van der Waals surface area contributed by atoms with Gasteiger partial charge in [0.25, 0.3) is 0 Å². The summed E-state index contributed by atoms with van der Waals surface area (Å²) in [5.41, 5.74) is 6.88. The van der Waals surface area contributed by atoms with Gasteiger partial charge < -0.3 is 10.6 Å². The lowest BCUT2D eigenvalue weighted by Crippen LogP contribution is -2.52. The Hall–Kier alpha value is -1.06. The van der Waals surface area contributed by atoms with Crippen molar-refractivity contribution >= 4 is 17.5 Å². The normalized spacial score (nSPS) is 25.9. The maximum atomic E-state index is 11.4. The van der Waals surface area contributed by atoms with Gasteiger partial charge in [0.2, 0.25) is 5.91 Å². The van der Waals surface area contributed by atoms with Crippen molar-refractivity contribution in [3.8, 4) is 0 Å². The first kappa shape index (κ1) is 11.4. The molecule has 1 saturated heterocycles. The van der Waals surface area contributed by atoms with Crippen LogP contribution in [0.5, 0.6) is 0 Å². The van der Waals surface area contributed by atoms with Gasteiger partial charge in [0.05, 0.1) is 5.54 Å². The topological polar surface area (TPSA) is 46.3 Å². The van der Waals surface area contributed by atoms with Crippen molar-refractivity contribution in [3.63, 3.8) is 0 Å². The third kappa shape index (κ3) is 2.06. The van der Waals surface area contributed by atoms with E-state index in [1.807, 2.05) is 24.3 Å². The Bertz CT molecular complexity index is 421. The molecule has 1 aliphatic heterocycles. The van der Waals surface area contributed by atoms with Gasteiger partial charge in [-0.25, -0.2) is 0 Å². The molecule has 1 heterocycles. The zero-order valence-electron chi connectivity index (χ0n) is 9.24. The lowest BCUT2D eigenvalue weighted by molar-refractivity contribution is -0.133. The average Bonchev–Trinajstić information content (AvgIpc) is 2.24. The Morgan fingerprint density at radius 2 is 2.25 bits per heavy atom. The van der Waals surface area contributed by atoms with Crippen LogP contribution in [-0.2, 0) is 10.3 Å². The van der Waals surface area contributed by atoms with Gasteiger partial charge in [-0.3, -0.25) is 4.79 Å². The SMILES string of the molecule is CN1CC(N)(c2cccc(Cl)c2)CCC1=O. The fraction of sp³-hybridized carbons (Fsp3) is 0.417. The highest BCUT2D eigenvalue weighted by Crippen LogP contribution is 2.30. The molecule has 3 nitrogen and oxygen atoms in total. The standard InChI is InChI=1S/C12H15ClN2O/c1-15-8-12(14,6-5-11(15)16)9-3-2-4-10(13)7-9/h2-4,7H,5-6,8,14H2,1H3. The molecule has 1 fully saturated rings. The van der Waals surface area contributed by atoms with E-state index in [0.29, 0.717) is 24.4 Å². The Morgan fingerprint density at radius 1 is 1.50 bits per heavy atom. The van der Waals surface area contributed by atoms with Crippen LogP contribution in [0.3, 0.4) is 0 Å². The van der Waals surface area contributed by atoms with E-state index in [9.17, 15) is 4.79 Å². The van der Waals surface area contributed by atoms with Gasteiger partial charge in [-0.2, -0.15) is 0 Å². The van der Waals surface area contributed by atoms with Crippen LogP contribution in [0.2, 0.25) is 5.02 Å². The zero-order chi connectivity index (χ0) is 11.8. The van der Waals surface area contributed by atoms with Gasteiger partial charge in [-0.05, 0) is 24.1 Å². The van der Waals surface area contributed by atoms with Gasteiger partial charge in [0.1, 0.15) is 0 Å². The number of nitrogens with zero attached hydrogens (tertiary/aromatic N) is 1. The zero-order valence-corrected chi connectivity index (χ0v) is 10.00. The number of likely N-dealkylation sites (N-methyl/N-ethyl adjacent to an activating group) is 1. The monoisotopic (exact) mass is 238 g/mol. The molecule has 1 aromatic carbocycles. The number of amides is 1. The molecule has 1 atom stereocenters. The molecule has 0 bridgehead atoms. The summed E-state index contributed by atoms with van der Waals surface area (Å²) in [7, 11) is 1.79. The fourth-order valence-corrected chi connectivity index (χ4v) is 2.34. The minimum atomic E-state index is -0.465. The van der Waals surface area contributed by atoms with Gasteiger partial charge in [-0.1, -0.05) is 23.7 Å². The number of hydrogen-bond acceptors (Lipinski definition) is 2. The summed E-state index contributed by atoms with van der Waals surface area (Å²) in [5, 5.41) is 0.682. The summed E-state index contributed by atoms with van der Waals surface area (Å²) in [6, 6.07) is 7.57. The van der Waals surface area contributed by atoms with Crippen molar-refractivity contribution in [2.24, 2.45) is 5.73 Å². The molecule has 0 saturated carbocycles. The van der Waals surface area contributed by atoms with E-state index in [4.69, 9.17) is 17.3 Å². The molecule has 0 aliphatic carbocycles. The molecule has 2 N–H and O–H groups in total. The van der Waals surface area contributed by atoms with Crippen molar-refractivity contribution in [2.75, 3.05) is 13.6 Å². The quantitative estimate of drug-likeness (QED) is 0.810. The molecule has 2 rings (SSSR count). The summed E-state index contributed by atoms with van der Waals surface area (Å²) in [6.07, 6.45) is 1.18. The Kier molecular flexibility index (Phi) is 2.91. The number of benzene rings is 1. The average molecular weight is 239 g/mol. The van der Waals surface area contributed by atoms with Gasteiger partial charge >= 0.3 is 0 Å². The van der Waals surface area contributed by atoms with E-state index < -0.39 is 5.54 Å². The smallest absolute Gasteiger partial charge is 0.222 e. The van der Waals surface area contributed by atoms with Crippen LogP contribution in [-0.4, -0.2) is 24.4 Å². The number of rotatable bonds is 1. The number of carbonyl (C=O) groups excluding carboxylic acids is 1. The largest absolute Gasteiger partial charge is 0.344 e. The van der Waals surface area contributed by atoms with E-state index in [2.05, 4.69) is 0 Å². The first-order chi connectivity index (χ1) is 7.51. The molecule has 1 aromatic rings. The second-order valence-electron chi connectivity index (χ2n) is 4.42.